The third-order valence-electron chi connectivity index (χ3n) is 3.30. The van der Waals surface area contributed by atoms with E-state index in [-0.39, 0.29) is 29.2 Å². The summed E-state index contributed by atoms with van der Waals surface area (Å²) in [6.45, 7) is 5.66. The Morgan fingerprint density at radius 2 is 1.75 bits per heavy atom. The third-order valence-corrected chi connectivity index (χ3v) is 3.30. The van der Waals surface area contributed by atoms with Crippen molar-refractivity contribution < 1.29 is 19.1 Å². The van der Waals surface area contributed by atoms with Gasteiger partial charge in [-0.25, -0.2) is 4.79 Å². The van der Waals surface area contributed by atoms with Crippen LogP contribution in [0.2, 0.25) is 0 Å². The van der Waals surface area contributed by atoms with E-state index in [2.05, 4.69) is 4.74 Å². The Labute approximate surface area is 95.6 Å². The standard InChI is InChI=1S/C12H18O4/c1-7(10(13)15-4)6-8-9(11(14)16-5)12(8,2)3/h6,8-9H,1-5H3/b7-6+/t8-,9+/m1/s1. The van der Waals surface area contributed by atoms with Crippen LogP contribution in [0.1, 0.15) is 20.8 Å². The van der Waals surface area contributed by atoms with Crippen LogP contribution in [0.3, 0.4) is 0 Å². The average Bonchev–Trinajstić information content (AvgIpc) is 2.78. The van der Waals surface area contributed by atoms with Crippen LogP contribution in [0.4, 0.5) is 0 Å². The van der Waals surface area contributed by atoms with Crippen LogP contribution >= 0.6 is 0 Å². The van der Waals surface area contributed by atoms with Gasteiger partial charge in [0.2, 0.25) is 0 Å². The molecule has 0 bridgehead atoms. The number of carbonyl (C=O) groups is 2. The zero-order valence-electron chi connectivity index (χ0n) is 10.4. The van der Waals surface area contributed by atoms with Crippen molar-refractivity contribution in [3.63, 3.8) is 0 Å². The summed E-state index contributed by atoms with van der Waals surface area (Å²) < 4.78 is 9.33. The first-order chi connectivity index (χ1) is 7.36. The molecule has 90 valence electrons. The summed E-state index contributed by atoms with van der Waals surface area (Å²) in [5, 5.41) is 0. The number of allylic oxidation sites excluding steroid dienone is 1. The molecule has 0 spiro atoms. The van der Waals surface area contributed by atoms with Crippen molar-refractivity contribution in [1.29, 1.82) is 0 Å². The van der Waals surface area contributed by atoms with E-state index >= 15 is 0 Å². The van der Waals surface area contributed by atoms with Gasteiger partial charge in [0.1, 0.15) is 0 Å². The van der Waals surface area contributed by atoms with Crippen LogP contribution in [0, 0.1) is 17.3 Å². The first-order valence-corrected chi connectivity index (χ1v) is 5.20. The number of hydrogen-bond donors (Lipinski definition) is 0. The molecule has 2 atom stereocenters. The van der Waals surface area contributed by atoms with Gasteiger partial charge >= 0.3 is 11.9 Å². The Kier molecular flexibility index (Phi) is 3.41. The second-order valence-corrected chi connectivity index (χ2v) is 4.69. The fraction of sp³-hybridized carbons (Fsp3) is 0.667. The normalized spacial score (nSPS) is 27.2. The molecule has 1 saturated carbocycles. The van der Waals surface area contributed by atoms with Gasteiger partial charge in [-0.05, 0) is 18.3 Å². The predicted octanol–water partition coefficient (Wildman–Crippen LogP) is 1.55. The van der Waals surface area contributed by atoms with Crippen molar-refractivity contribution >= 4 is 11.9 Å². The molecule has 0 aromatic rings. The molecule has 1 aliphatic rings. The van der Waals surface area contributed by atoms with Gasteiger partial charge in [0, 0.05) is 5.57 Å². The van der Waals surface area contributed by atoms with Gasteiger partial charge in [-0.15, -0.1) is 0 Å². The monoisotopic (exact) mass is 226 g/mol. The van der Waals surface area contributed by atoms with Gasteiger partial charge in [-0.3, -0.25) is 4.79 Å². The minimum atomic E-state index is -0.355. The Bertz CT molecular complexity index is 341. The quantitative estimate of drug-likeness (QED) is 0.541. The zero-order valence-corrected chi connectivity index (χ0v) is 10.4. The van der Waals surface area contributed by atoms with Crippen molar-refractivity contribution in [2.24, 2.45) is 17.3 Å². The molecule has 0 aromatic carbocycles. The van der Waals surface area contributed by atoms with Crippen molar-refractivity contribution in [1.82, 2.24) is 0 Å². The van der Waals surface area contributed by atoms with E-state index in [4.69, 9.17) is 4.74 Å². The molecule has 0 aliphatic heterocycles. The van der Waals surface area contributed by atoms with Crippen molar-refractivity contribution in [2.45, 2.75) is 20.8 Å². The number of hydrogen-bond acceptors (Lipinski definition) is 4. The number of methoxy groups -OCH3 is 2. The van der Waals surface area contributed by atoms with E-state index in [0.717, 1.165) is 0 Å². The van der Waals surface area contributed by atoms with Crippen molar-refractivity contribution in [3.05, 3.63) is 11.6 Å². The van der Waals surface area contributed by atoms with Crippen molar-refractivity contribution in [3.8, 4) is 0 Å². The molecule has 0 heterocycles. The van der Waals surface area contributed by atoms with Crippen LogP contribution < -0.4 is 0 Å². The first-order valence-electron chi connectivity index (χ1n) is 5.20. The molecule has 0 aromatic heterocycles. The first kappa shape index (κ1) is 12.7. The van der Waals surface area contributed by atoms with Crippen LogP contribution in [0.5, 0.6) is 0 Å². The number of carbonyl (C=O) groups excluding carboxylic acids is 2. The van der Waals surface area contributed by atoms with E-state index in [9.17, 15) is 9.59 Å². The molecule has 1 rings (SSSR count). The smallest absolute Gasteiger partial charge is 0.333 e. The lowest BCUT2D eigenvalue weighted by atomic mass is 10.1. The molecule has 0 radical (unpaired) electrons. The molecule has 0 amide bonds. The van der Waals surface area contributed by atoms with E-state index < -0.39 is 0 Å². The van der Waals surface area contributed by atoms with Crippen molar-refractivity contribution in [2.75, 3.05) is 14.2 Å². The largest absolute Gasteiger partial charge is 0.469 e. The molecule has 4 nitrogen and oxygen atoms in total. The average molecular weight is 226 g/mol. The topological polar surface area (TPSA) is 52.6 Å². The molecule has 4 heteroatoms. The summed E-state index contributed by atoms with van der Waals surface area (Å²) in [4.78, 5) is 22.7. The fourth-order valence-corrected chi connectivity index (χ4v) is 2.06. The summed E-state index contributed by atoms with van der Waals surface area (Å²) in [7, 11) is 2.72. The Morgan fingerprint density at radius 1 is 1.19 bits per heavy atom. The highest BCUT2D eigenvalue weighted by molar-refractivity contribution is 5.88. The summed E-state index contributed by atoms with van der Waals surface area (Å²) in [5.74, 6) is -0.675. The highest BCUT2D eigenvalue weighted by Crippen LogP contribution is 2.59. The maximum Gasteiger partial charge on any atom is 0.333 e. The minimum absolute atomic E-state index is 0.0547. The van der Waals surface area contributed by atoms with Gasteiger partial charge in [0.25, 0.3) is 0 Å². The lowest BCUT2D eigenvalue weighted by molar-refractivity contribution is -0.143. The highest BCUT2D eigenvalue weighted by atomic mass is 16.5. The maximum absolute atomic E-state index is 11.5. The fourth-order valence-electron chi connectivity index (χ4n) is 2.06. The molecule has 16 heavy (non-hydrogen) atoms. The summed E-state index contributed by atoms with van der Waals surface area (Å²) in [5.41, 5.74) is 0.398. The molecule has 0 unspecified atom stereocenters. The Hall–Kier alpha value is -1.32. The zero-order chi connectivity index (χ0) is 12.5. The highest BCUT2D eigenvalue weighted by Gasteiger charge is 2.61. The van der Waals surface area contributed by atoms with Crippen LogP contribution in [-0.4, -0.2) is 26.2 Å². The number of rotatable bonds is 3. The molecular weight excluding hydrogens is 208 g/mol. The molecule has 1 aliphatic carbocycles. The van der Waals surface area contributed by atoms with Gasteiger partial charge in [0.15, 0.2) is 0 Å². The molecular formula is C12H18O4. The SMILES string of the molecule is COC(=O)/C(C)=C/[C@@H]1[C@@H](C(=O)OC)C1(C)C. The lowest BCUT2D eigenvalue weighted by Gasteiger charge is -2.00. The summed E-state index contributed by atoms with van der Waals surface area (Å²) in [6, 6.07) is 0. The number of esters is 2. The Balaban J connectivity index is 2.78. The molecule has 0 saturated heterocycles. The van der Waals surface area contributed by atoms with Gasteiger partial charge in [0.05, 0.1) is 20.1 Å². The third kappa shape index (κ3) is 2.10. The van der Waals surface area contributed by atoms with E-state index in [1.165, 1.54) is 14.2 Å². The maximum atomic E-state index is 11.5. The second kappa shape index (κ2) is 4.28. The summed E-state index contributed by atoms with van der Waals surface area (Å²) in [6.07, 6.45) is 1.80. The molecule has 1 fully saturated rings. The minimum Gasteiger partial charge on any atom is -0.469 e. The Morgan fingerprint density at radius 3 is 2.19 bits per heavy atom. The van der Waals surface area contributed by atoms with Crippen LogP contribution in [0.25, 0.3) is 0 Å². The van der Waals surface area contributed by atoms with Gasteiger partial charge in [-0.2, -0.15) is 0 Å². The van der Waals surface area contributed by atoms with Gasteiger partial charge < -0.3 is 9.47 Å². The van der Waals surface area contributed by atoms with Gasteiger partial charge in [-0.1, -0.05) is 19.9 Å². The van der Waals surface area contributed by atoms with E-state index in [1.807, 2.05) is 13.8 Å². The lowest BCUT2D eigenvalue weighted by Crippen LogP contribution is -2.07. The predicted molar refractivity (Wildman–Crippen MR) is 58.6 cm³/mol. The molecule has 0 N–H and O–H groups in total. The number of ether oxygens (including phenoxy) is 2. The van der Waals surface area contributed by atoms with E-state index in [0.29, 0.717) is 5.57 Å². The van der Waals surface area contributed by atoms with Crippen LogP contribution in [-0.2, 0) is 19.1 Å². The second-order valence-electron chi connectivity index (χ2n) is 4.69. The van der Waals surface area contributed by atoms with E-state index in [1.54, 1.807) is 13.0 Å². The van der Waals surface area contributed by atoms with Crippen LogP contribution in [0.15, 0.2) is 11.6 Å². The summed E-state index contributed by atoms with van der Waals surface area (Å²) >= 11 is 0.